The van der Waals surface area contributed by atoms with Crippen LogP contribution in [0, 0.1) is 0 Å². The number of nitrogens with zero attached hydrogens (tertiary/aromatic N) is 1. The predicted molar refractivity (Wildman–Crippen MR) is 101 cm³/mol. The van der Waals surface area contributed by atoms with E-state index < -0.39 is 0 Å². The molecule has 2 amide bonds. The highest BCUT2D eigenvalue weighted by Crippen LogP contribution is 2.26. The average Bonchev–Trinajstić information content (AvgIpc) is 3.34. The zero-order valence-electron chi connectivity index (χ0n) is 13.3. The van der Waals surface area contributed by atoms with Gasteiger partial charge in [-0.25, -0.2) is 0 Å². The molecule has 3 aromatic rings. The SMILES string of the molecule is CCN(Cc1ccc(Cl)s1)C(=O)c1ccc(NC(=O)c2ccco2)s1. The normalized spacial score (nSPS) is 10.6. The largest absolute Gasteiger partial charge is 0.459 e. The summed E-state index contributed by atoms with van der Waals surface area (Å²) in [4.78, 5) is 28.0. The molecule has 0 aliphatic heterocycles. The number of rotatable bonds is 6. The number of hydrogen-bond donors (Lipinski definition) is 1. The molecule has 8 heteroatoms. The van der Waals surface area contributed by atoms with Crippen LogP contribution in [0.4, 0.5) is 5.00 Å². The summed E-state index contributed by atoms with van der Waals surface area (Å²) < 4.78 is 5.76. The quantitative estimate of drug-likeness (QED) is 0.641. The minimum Gasteiger partial charge on any atom is -0.459 e. The van der Waals surface area contributed by atoms with E-state index in [1.807, 2.05) is 19.1 Å². The maximum Gasteiger partial charge on any atom is 0.291 e. The van der Waals surface area contributed by atoms with Crippen LogP contribution in [0.1, 0.15) is 32.0 Å². The molecular formula is C17H15ClN2O3S2. The third-order valence-electron chi connectivity index (χ3n) is 3.44. The Morgan fingerprint density at radius 1 is 1.20 bits per heavy atom. The van der Waals surface area contributed by atoms with Crippen molar-refractivity contribution < 1.29 is 14.0 Å². The molecule has 3 rings (SSSR count). The van der Waals surface area contributed by atoms with Gasteiger partial charge in [-0.3, -0.25) is 9.59 Å². The second-order valence-corrected chi connectivity index (χ2v) is 8.00. The molecule has 130 valence electrons. The number of anilines is 1. The fourth-order valence-corrected chi connectivity index (χ4v) is 4.18. The van der Waals surface area contributed by atoms with E-state index >= 15 is 0 Å². The summed E-state index contributed by atoms with van der Waals surface area (Å²) in [7, 11) is 0. The summed E-state index contributed by atoms with van der Waals surface area (Å²) in [5.74, 6) is -0.187. The summed E-state index contributed by atoms with van der Waals surface area (Å²) >= 11 is 8.65. The van der Waals surface area contributed by atoms with Gasteiger partial charge in [-0.2, -0.15) is 0 Å². The van der Waals surface area contributed by atoms with Gasteiger partial charge in [0.05, 0.1) is 27.0 Å². The van der Waals surface area contributed by atoms with E-state index in [4.69, 9.17) is 16.0 Å². The Morgan fingerprint density at radius 2 is 2.04 bits per heavy atom. The highest BCUT2D eigenvalue weighted by Gasteiger charge is 2.18. The van der Waals surface area contributed by atoms with Gasteiger partial charge in [0.1, 0.15) is 0 Å². The number of thiophene rings is 2. The lowest BCUT2D eigenvalue weighted by Gasteiger charge is -2.19. The molecule has 0 fully saturated rings. The van der Waals surface area contributed by atoms with Gasteiger partial charge in [0.25, 0.3) is 11.8 Å². The highest BCUT2D eigenvalue weighted by atomic mass is 35.5. The molecule has 0 bridgehead atoms. The van der Waals surface area contributed by atoms with Gasteiger partial charge in [-0.05, 0) is 43.3 Å². The number of halogens is 1. The number of hydrogen-bond acceptors (Lipinski definition) is 5. The first kappa shape index (κ1) is 17.7. The van der Waals surface area contributed by atoms with E-state index in [1.54, 1.807) is 29.2 Å². The molecule has 0 atom stereocenters. The van der Waals surface area contributed by atoms with Crippen molar-refractivity contribution in [3.05, 3.63) is 62.5 Å². The van der Waals surface area contributed by atoms with Crippen LogP contribution in [0.3, 0.4) is 0 Å². The van der Waals surface area contributed by atoms with Crippen LogP contribution in [0.2, 0.25) is 4.34 Å². The molecule has 0 spiro atoms. The van der Waals surface area contributed by atoms with Crippen LogP contribution in [-0.4, -0.2) is 23.3 Å². The highest BCUT2D eigenvalue weighted by molar-refractivity contribution is 7.18. The summed E-state index contributed by atoms with van der Waals surface area (Å²) in [6.45, 7) is 3.03. The summed E-state index contributed by atoms with van der Waals surface area (Å²) in [6, 6.07) is 10.4. The lowest BCUT2D eigenvalue weighted by molar-refractivity contribution is 0.0759. The predicted octanol–water partition coefficient (Wildman–Crippen LogP) is 4.97. The Balaban J connectivity index is 1.67. The number of furan rings is 1. The molecule has 0 unspecified atom stereocenters. The first-order chi connectivity index (χ1) is 12.1. The summed E-state index contributed by atoms with van der Waals surface area (Å²) in [6.07, 6.45) is 1.44. The molecule has 0 aromatic carbocycles. The third-order valence-corrected chi connectivity index (χ3v) is 5.65. The van der Waals surface area contributed by atoms with Crippen molar-refractivity contribution >= 4 is 51.1 Å². The molecule has 3 aromatic heterocycles. The molecule has 0 aliphatic rings. The van der Waals surface area contributed by atoms with Crippen LogP contribution in [0.15, 0.2) is 47.1 Å². The van der Waals surface area contributed by atoms with E-state index in [-0.39, 0.29) is 17.6 Å². The average molecular weight is 395 g/mol. The van der Waals surface area contributed by atoms with E-state index in [9.17, 15) is 9.59 Å². The Bertz CT molecular complexity index is 870. The minimum atomic E-state index is -0.341. The number of carbonyl (C=O) groups excluding carboxylic acids is 2. The Morgan fingerprint density at radius 3 is 2.68 bits per heavy atom. The van der Waals surface area contributed by atoms with Crippen molar-refractivity contribution in [3.8, 4) is 0 Å². The zero-order valence-corrected chi connectivity index (χ0v) is 15.7. The van der Waals surface area contributed by atoms with Crippen molar-refractivity contribution in [2.75, 3.05) is 11.9 Å². The van der Waals surface area contributed by atoms with Crippen LogP contribution >= 0.6 is 34.3 Å². The maximum atomic E-state index is 12.7. The standard InChI is InChI=1S/C17H15ClN2O3S2/c1-2-20(10-11-5-7-14(18)24-11)17(22)13-6-8-15(25-13)19-16(21)12-4-3-9-23-12/h3-9H,2,10H2,1H3,(H,19,21). The van der Waals surface area contributed by atoms with Crippen molar-refractivity contribution in [3.63, 3.8) is 0 Å². The molecular weight excluding hydrogens is 380 g/mol. The monoisotopic (exact) mass is 394 g/mol. The summed E-state index contributed by atoms with van der Waals surface area (Å²) in [5.41, 5.74) is 0. The molecule has 1 N–H and O–H groups in total. The van der Waals surface area contributed by atoms with Crippen molar-refractivity contribution in [1.29, 1.82) is 0 Å². The Labute approximate surface area is 157 Å². The van der Waals surface area contributed by atoms with Gasteiger partial charge >= 0.3 is 0 Å². The van der Waals surface area contributed by atoms with Crippen molar-refractivity contribution in [1.82, 2.24) is 4.90 Å². The van der Waals surface area contributed by atoms with E-state index in [1.165, 1.54) is 28.9 Å². The van der Waals surface area contributed by atoms with Gasteiger partial charge in [0, 0.05) is 11.4 Å². The lowest BCUT2D eigenvalue weighted by Crippen LogP contribution is -2.29. The molecule has 25 heavy (non-hydrogen) atoms. The van der Waals surface area contributed by atoms with Crippen LogP contribution in [-0.2, 0) is 6.54 Å². The molecule has 3 heterocycles. The Kier molecular flexibility index (Phi) is 5.57. The first-order valence-electron chi connectivity index (χ1n) is 7.55. The van der Waals surface area contributed by atoms with E-state index in [0.717, 1.165) is 4.88 Å². The zero-order chi connectivity index (χ0) is 17.8. The van der Waals surface area contributed by atoms with Gasteiger partial charge < -0.3 is 14.6 Å². The van der Waals surface area contributed by atoms with Crippen LogP contribution in [0.5, 0.6) is 0 Å². The second kappa shape index (κ2) is 7.86. The fourth-order valence-electron chi connectivity index (χ4n) is 2.21. The second-order valence-electron chi connectivity index (χ2n) is 5.12. The molecule has 5 nitrogen and oxygen atoms in total. The van der Waals surface area contributed by atoms with E-state index in [2.05, 4.69) is 5.32 Å². The third kappa shape index (κ3) is 4.31. The van der Waals surface area contributed by atoms with Crippen LogP contribution in [0.25, 0.3) is 0 Å². The summed E-state index contributed by atoms with van der Waals surface area (Å²) in [5, 5.41) is 3.33. The lowest BCUT2D eigenvalue weighted by atomic mass is 10.3. The van der Waals surface area contributed by atoms with Gasteiger partial charge in [0.15, 0.2) is 5.76 Å². The van der Waals surface area contributed by atoms with E-state index in [0.29, 0.717) is 27.3 Å². The fraction of sp³-hybridized carbons (Fsp3) is 0.176. The van der Waals surface area contributed by atoms with Crippen molar-refractivity contribution in [2.24, 2.45) is 0 Å². The van der Waals surface area contributed by atoms with Gasteiger partial charge in [-0.1, -0.05) is 11.6 Å². The first-order valence-corrected chi connectivity index (χ1v) is 9.56. The number of carbonyl (C=O) groups is 2. The smallest absolute Gasteiger partial charge is 0.291 e. The van der Waals surface area contributed by atoms with Gasteiger partial charge in [0.2, 0.25) is 0 Å². The number of nitrogens with one attached hydrogen (secondary N) is 1. The molecule has 0 saturated carbocycles. The van der Waals surface area contributed by atoms with Gasteiger partial charge in [-0.15, -0.1) is 22.7 Å². The minimum absolute atomic E-state index is 0.0736. The maximum absolute atomic E-state index is 12.7. The Hall–Kier alpha value is -2.09. The molecule has 0 saturated heterocycles. The van der Waals surface area contributed by atoms with Crippen LogP contribution < -0.4 is 5.32 Å². The molecule has 0 aliphatic carbocycles. The van der Waals surface area contributed by atoms with Crippen molar-refractivity contribution in [2.45, 2.75) is 13.5 Å². The topological polar surface area (TPSA) is 62.6 Å². The number of amides is 2. The molecule has 0 radical (unpaired) electrons.